The minimum Gasteiger partial charge on any atom is -0.330 e. The van der Waals surface area contributed by atoms with Gasteiger partial charge in [0.25, 0.3) is 5.69 Å². The number of nitro groups is 1. The number of halogens is 1. The Morgan fingerprint density at radius 1 is 1.23 bits per heavy atom. The van der Waals surface area contributed by atoms with Crippen molar-refractivity contribution >= 4 is 61.3 Å². The number of non-ortho nitro benzene ring substituents is 1. The van der Waals surface area contributed by atoms with Crippen molar-refractivity contribution in [1.82, 2.24) is 10.2 Å². The molecule has 2 aromatic carbocycles. The highest BCUT2D eigenvalue weighted by Crippen LogP contribution is 2.29. The zero-order valence-corrected chi connectivity index (χ0v) is 16.3. The third-order valence-electron chi connectivity index (χ3n) is 3.19. The largest absolute Gasteiger partial charge is 0.330 e. The normalized spacial score (nSPS) is 10.5. The van der Waals surface area contributed by atoms with Gasteiger partial charge in [0.2, 0.25) is 5.13 Å². The molecule has 3 rings (SSSR count). The number of nitrogens with zero attached hydrogens (tertiary/aromatic N) is 3. The van der Waals surface area contributed by atoms with Crippen LogP contribution in [0.1, 0.15) is 10.4 Å². The highest BCUT2D eigenvalue weighted by Gasteiger charge is 2.13. The van der Waals surface area contributed by atoms with E-state index in [0.717, 1.165) is 10.2 Å². The van der Waals surface area contributed by atoms with Crippen LogP contribution < -0.4 is 5.32 Å². The summed E-state index contributed by atoms with van der Waals surface area (Å²) in [5, 5.41) is 22.6. The summed E-state index contributed by atoms with van der Waals surface area (Å²) in [4.78, 5) is 22.5. The average Bonchev–Trinajstić information content (AvgIpc) is 3.07. The Labute approximate surface area is 165 Å². The Bertz CT molecular complexity index is 964. The van der Waals surface area contributed by atoms with Crippen LogP contribution in [-0.4, -0.2) is 26.7 Å². The zero-order chi connectivity index (χ0) is 18.5. The molecule has 0 atom stereocenters. The van der Waals surface area contributed by atoms with Crippen LogP contribution in [0, 0.1) is 10.1 Å². The molecule has 0 amide bonds. The Morgan fingerprint density at radius 2 is 2.04 bits per heavy atom. The summed E-state index contributed by atoms with van der Waals surface area (Å²) in [6.07, 6.45) is 0. The number of nitro benzene ring substituents is 1. The van der Waals surface area contributed by atoms with Crippen molar-refractivity contribution in [2.24, 2.45) is 0 Å². The van der Waals surface area contributed by atoms with Gasteiger partial charge in [-0.1, -0.05) is 57.2 Å². The van der Waals surface area contributed by atoms with E-state index >= 15 is 0 Å². The van der Waals surface area contributed by atoms with Crippen molar-refractivity contribution in [1.29, 1.82) is 0 Å². The first-order chi connectivity index (χ1) is 12.5. The smallest absolute Gasteiger partial charge is 0.270 e. The second kappa shape index (κ2) is 8.39. The number of ketones is 1. The van der Waals surface area contributed by atoms with Crippen LogP contribution in [0.15, 0.2) is 57.3 Å². The summed E-state index contributed by atoms with van der Waals surface area (Å²) in [5.74, 6) is -0.0671. The van der Waals surface area contributed by atoms with Crippen LogP contribution in [-0.2, 0) is 0 Å². The van der Waals surface area contributed by atoms with E-state index in [0.29, 0.717) is 15.0 Å². The first-order valence-electron chi connectivity index (χ1n) is 7.28. The lowest BCUT2D eigenvalue weighted by atomic mass is 10.1. The molecule has 1 aromatic heterocycles. The van der Waals surface area contributed by atoms with Crippen molar-refractivity contribution < 1.29 is 9.72 Å². The number of hydrogen-bond donors (Lipinski definition) is 1. The van der Waals surface area contributed by atoms with Gasteiger partial charge in [-0.3, -0.25) is 14.9 Å². The van der Waals surface area contributed by atoms with Crippen molar-refractivity contribution in [2.75, 3.05) is 11.1 Å². The van der Waals surface area contributed by atoms with E-state index in [1.165, 1.54) is 41.3 Å². The molecule has 0 saturated heterocycles. The number of hydrogen-bond acceptors (Lipinski definition) is 8. The molecule has 0 spiro atoms. The van der Waals surface area contributed by atoms with Crippen molar-refractivity contribution in [2.45, 2.75) is 4.34 Å². The van der Waals surface area contributed by atoms with Gasteiger partial charge in [-0.25, -0.2) is 0 Å². The maximum Gasteiger partial charge on any atom is 0.270 e. The fraction of sp³-hybridized carbons (Fsp3) is 0.0625. The Hall–Kier alpha value is -2.30. The average molecular weight is 451 g/mol. The number of anilines is 2. The number of Topliss-reactive ketones (excluding diaryl/α,β-unsaturated/α-hetero) is 1. The molecule has 0 fully saturated rings. The lowest BCUT2D eigenvalue weighted by molar-refractivity contribution is -0.384. The molecular weight excluding hydrogens is 440 g/mol. The molecule has 3 aromatic rings. The summed E-state index contributed by atoms with van der Waals surface area (Å²) < 4.78 is 1.59. The second-order valence-electron chi connectivity index (χ2n) is 5.03. The van der Waals surface area contributed by atoms with Gasteiger partial charge >= 0.3 is 0 Å². The number of benzene rings is 2. The molecular formula is C16H11BrN4O3S2. The summed E-state index contributed by atoms with van der Waals surface area (Å²) in [5.41, 5.74) is 1.08. The van der Waals surface area contributed by atoms with Gasteiger partial charge in [0.1, 0.15) is 0 Å². The maximum absolute atomic E-state index is 12.2. The molecule has 0 aliphatic rings. The summed E-state index contributed by atoms with van der Waals surface area (Å²) in [7, 11) is 0. The van der Waals surface area contributed by atoms with E-state index in [1.807, 2.05) is 24.3 Å². The van der Waals surface area contributed by atoms with Crippen LogP contribution >= 0.6 is 39.0 Å². The lowest BCUT2D eigenvalue weighted by Crippen LogP contribution is -2.03. The number of rotatable bonds is 7. The SMILES string of the molecule is O=C(CSc1nnc(Nc2cccc(Br)c2)s1)c1cccc([N+](=O)[O-])c1. The maximum atomic E-state index is 12.2. The second-order valence-corrected chi connectivity index (χ2v) is 8.14. The molecule has 7 nitrogen and oxygen atoms in total. The van der Waals surface area contributed by atoms with Gasteiger partial charge in [-0.2, -0.15) is 0 Å². The number of carbonyl (C=O) groups is 1. The third kappa shape index (κ3) is 4.87. The molecule has 0 radical (unpaired) electrons. The van der Waals surface area contributed by atoms with Gasteiger partial charge in [0.15, 0.2) is 10.1 Å². The molecule has 0 aliphatic carbocycles. The third-order valence-corrected chi connectivity index (χ3v) is 5.65. The van der Waals surface area contributed by atoms with Crippen LogP contribution in [0.25, 0.3) is 0 Å². The number of carbonyl (C=O) groups excluding carboxylic acids is 1. The molecule has 132 valence electrons. The number of thioether (sulfide) groups is 1. The molecule has 0 bridgehead atoms. The first-order valence-corrected chi connectivity index (χ1v) is 9.87. The van der Waals surface area contributed by atoms with Gasteiger partial charge in [0.05, 0.1) is 10.7 Å². The quantitative estimate of drug-likeness (QED) is 0.235. The van der Waals surface area contributed by atoms with Gasteiger partial charge in [-0.05, 0) is 18.2 Å². The van der Waals surface area contributed by atoms with Gasteiger partial charge in [0, 0.05) is 27.9 Å². The molecule has 26 heavy (non-hydrogen) atoms. The Kier molecular flexibility index (Phi) is 5.96. The van der Waals surface area contributed by atoms with E-state index in [1.54, 1.807) is 6.07 Å². The van der Waals surface area contributed by atoms with E-state index in [-0.39, 0.29) is 17.2 Å². The minimum absolute atomic E-state index is 0.0997. The fourth-order valence-electron chi connectivity index (χ4n) is 2.01. The predicted octanol–water partition coefficient (Wildman–Crippen LogP) is 4.93. The molecule has 0 unspecified atom stereocenters. The first kappa shape index (κ1) is 18.5. The molecule has 0 saturated carbocycles. The summed E-state index contributed by atoms with van der Waals surface area (Å²) in [6, 6.07) is 13.4. The van der Waals surface area contributed by atoms with Crippen LogP contribution in [0.5, 0.6) is 0 Å². The van der Waals surface area contributed by atoms with E-state index in [4.69, 9.17) is 0 Å². The highest BCUT2D eigenvalue weighted by atomic mass is 79.9. The Morgan fingerprint density at radius 3 is 2.81 bits per heavy atom. The van der Waals surface area contributed by atoms with Crippen molar-refractivity contribution in [3.8, 4) is 0 Å². The lowest BCUT2D eigenvalue weighted by Gasteiger charge is -2.01. The van der Waals surface area contributed by atoms with Gasteiger partial charge in [-0.15, -0.1) is 10.2 Å². The molecule has 0 aliphatic heterocycles. The molecule has 1 N–H and O–H groups in total. The fourth-order valence-corrected chi connectivity index (χ4v) is 4.08. The minimum atomic E-state index is -0.519. The van der Waals surface area contributed by atoms with Crippen molar-refractivity contribution in [3.05, 3.63) is 68.7 Å². The van der Waals surface area contributed by atoms with Crippen molar-refractivity contribution in [3.63, 3.8) is 0 Å². The number of nitrogens with one attached hydrogen (secondary N) is 1. The van der Waals surface area contributed by atoms with E-state index < -0.39 is 4.92 Å². The number of aromatic nitrogens is 2. The van der Waals surface area contributed by atoms with Crippen LogP contribution in [0.3, 0.4) is 0 Å². The summed E-state index contributed by atoms with van der Waals surface area (Å²) >= 11 is 5.98. The topological polar surface area (TPSA) is 98.0 Å². The standard InChI is InChI=1S/C16H11BrN4O3S2/c17-11-4-2-5-12(8-11)18-15-19-20-16(26-15)25-9-14(22)10-3-1-6-13(7-10)21(23)24/h1-8H,9H2,(H,18,19). The van der Waals surface area contributed by atoms with Gasteiger partial charge < -0.3 is 5.32 Å². The van der Waals surface area contributed by atoms with Crippen LogP contribution in [0.4, 0.5) is 16.5 Å². The zero-order valence-electron chi connectivity index (χ0n) is 13.1. The predicted molar refractivity (Wildman–Crippen MR) is 105 cm³/mol. The van der Waals surface area contributed by atoms with Crippen LogP contribution in [0.2, 0.25) is 0 Å². The summed E-state index contributed by atoms with van der Waals surface area (Å²) in [6.45, 7) is 0. The van der Waals surface area contributed by atoms with E-state index in [2.05, 4.69) is 31.4 Å². The monoisotopic (exact) mass is 450 g/mol. The Balaban J connectivity index is 1.60. The highest BCUT2D eigenvalue weighted by molar-refractivity contribution is 9.10. The molecule has 1 heterocycles. The van der Waals surface area contributed by atoms with E-state index in [9.17, 15) is 14.9 Å². The molecule has 10 heteroatoms.